The highest BCUT2D eigenvalue weighted by atomic mass is 16.6. The van der Waals surface area contributed by atoms with Crippen LogP contribution in [-0.4, -0.2) is 28.0 Å². The van der Waals surface area contributed by atoms with Gasteiger partial charge in [0.15, 0.2) is 0 Å². The molecule has 0 aliphatic heterocycles. The number of carbonyl (C=O) groups is 1. The lowest BCUT2D eigenvalue weighted by atomic mass is 10.1. The molecule has 7 nitrogen and oxygen atoms in total. The third-order valence-corrected chi connectivity index (χ3v) is 3.55. The number of nitrogens with zero attached hydrogens (tertiary/aromatic N) is 3. The van der Waals surface area contributed by atoms with Crippen LogP contribution in [0.15, 0.2) is 55.0 Å². The number of benzene rings is 1. The summed E-state index contributed by atoms with van der Waals surface area (Å²) in [5.41, 5.74) is 6.14. The molecule has 126 valence electrons. The fourth-order valence-corrected chi connectivity index (χ4v) is 2.26. The summed E-state index contributed by atoms with van der Waals surface area (Å²) in [6.07, 6.45) is 5.13. The second kappa shape index (κ2) is 7.50. The lowest BCUT2D eigenvalue weighted by Crippen LogP contribution is -2.21. The van der Waals surface area contributed by atoms with Crippen LogP contribution in [0.3, 0.4) is 0 Å². The minimum atomic E-state index is -0.324. The average molecular weight is 335 g/mol. The molecule has 2 aromatic heterocycles. The van der Waals surface area contributed by atoms with Gasteiger partial charge in [0, 0.05) is 35.4 Å². The summed E-state index contributed by atoms with van der Waals surface area (Å²) < 4.78 is 0. The second-order valence-electron chi connectivity index (χ2n) is 5.30. The van der Waals surface area contributed by atoms with Crippen LogP contribution in [0.2, 0.25) is 0 Å². The molecule has 0 bridgehead atoms. The molecular formula is C18H17N5O2. The van der Waals surface area contributed by atoms with E-state index in [0.29, 0.717) is 11.5 Å². The van der Waals surface area contributed by atoms with E-state index in [4.69, 9.17) is 0 Å². The van der Waals surface area contributed by atoms with Gasteiger partial charge in [-0.3, -0.25) is 14.6 Å². The highest BCUT2D eigenvalue weighted by molar-refractivity contribution is 5.94. The van der Waals surface area contributed by atoms with Gasteiger partial charge < -0.3 is 5.32 Å². The zero-order valence-corrected chi connectivity index (χ0v) is 13.9. The number of amides is 1. The Morgan fingerprint density at radius 2 is 2.04 bits per heavy atom. The van der Waals surface area contributed by atoms with Gasteiger partial charge >= 0.3 is 0 Å². The van der Waals surface area contributed by atoms with Crippen molar-refractivity contribution < 1.29 is 9.63 Å². The zero-order valence-electron chi connectivity index (χ0n) is 13.9. The van der Waals surface area contributed by atoms with Crippen molar-refractivity contribution in [1.82, 2.24) is 20.4 Å². The molecular weight excluding hydrogens is 318 g/mol. The van der Waals surface area contributed by atoms with E-state index in [1.807, 2.05) is 31.2 Å². The predicted molar refractivity (Wildman–Crippen MR) is 94.2 cm³/mol. The third-order valence-electron chi connectivity index (χ3n) is 3.55. The predicted octanol–water partition coefficient (Wildman–Crippen LogP) is 2.88. The van der Waals surface area contributed by atoms with Crippen LogP contribution >= 0.6 is 0 Å². The zero-order chi connectivity index (χ0) is 17.6. The van der Waals surface area contributed by atoms with Gasteiger partial charge in [-0.05, 0) is 42.8 Å². The Bertz CT molecular complexity index is 884. The van der Waals surface area contributed by atoms with E-state index in [0.717, 1.165) is 22.5 Å². The molecule has 0 saturated heterocycles. The van der Waals surface area contributed by atoms with Crippen LogP contribution < -0.4 is 10.8 Å². The highest BCUT2D eigenvalue weighted by Gasteiger charge is 2.09. The molecule has 3 rings (SSSR count). The fourth-order valence-electron chi connectivity index (χ4n) is 2.26. The largest absolute Gasteiger partial charge is 0.324 e. The van der Waals surface area contributed by atoms with Gasteiger partial charge in [-0.15, -0.1) is 0 Å². The summed E-state index contributed by atoms with van der Waals surface area (Å²) in [5.74, 6) is 0.115. The Kier molecular flexibility index (Phi) is 4.96. The van der Waals surface area contributed by atoms with E-state index in [9.17, 15) is 4.79 Å². The van der Waals surface area contributed by atoms with Crippen molar-refractivity contribution in [1.29, 1.82) is 0 Å². The van der Waals surface area contributed by atoms with Gasteiger partial charge in [0.25, 0.3) is 5.91 Å². The number of rotatable bonds is 5. The topological polar surface area (TPSA) is 89.0 Å². The lowest BCUT2D eigenvalue weighted by molar-refractivity contribution is 0.0537. The van der Waals surface area contributed by atoms with E-state index >= 15 is 0 Å². The first-order chi connectivity index (χ1) is 12.2. The number of pyridine rings is 1. The van der Waals surface area contributed by atoms with Gasteiger partial charge in [0.2, 0.25) is 5.95 Å². The van der Waals surface area contributed by atoms with Crippen LogP contribution in [0.5, 0.6) is 0 Å². The number of aromatic nitrogens is 3. The normalized spacial score (nSPS) is 10.3. The number of anilines is 2. The lowest BCUT2D eigenvalue weighted by Gasteiger charge is -2.11. The number of nitrogens with one attached hydrogen (secondary N) is 2. The summed E-state index contributed by atoms with van der Waals surface area (Å²) >= 11 is 0. The third kappa shape index (κ3) is 3.96. The van der Waals surface area contributed by atoms with Crippen molar-refractivity contribution in [3.8, 4) is 11.3 Å². The monoisotopic (exact) mass is 335 g/mol. The number of carbonyl (C=O) groups excluding carboxylic acids is 1. The second-order valence-corrected chi connectivity index (χ2v) is 5.30. The van der Waals surface area contributed by atoms with E-state index in [-0.39, 0.29) is 5.91 Å². The van der Waals surface area contributed by atoms with Crippen molar-refractivity contribution in [2.24, 2.45) is 0 Å². The van der Waals surface area contributed by atoms with Gasteiger partial charge in [0.1, 0.15) is 0 Å². The van der Waals surface area contributed by atoms with Crippen molar-refractivity contribution in [3.63, 3.8) is 0 Å². The van der Waals surface area contributed by atoms with Gasteiger partial charge in [0.05, 0.1) is 12.8 Å². The molecule has 0 radical (unpaired) electrons. The van der Waals surface area contributed by atoms with Gasteiger partial charge in [-0.2, -0.15) is 0 Å². The summed E-state index contributed by atoms with van der Waals surface area (Å²) in [6, 6.07) is 10.9. The summed E-state index contributed by atoms with van der Waals surface area (Å²) in [7, 11) is 1.39. The minimum Gasteiger partial charge on any atom is -0.324 e. The van der Waals surface area contributed by atoms with Crippen LogP contribution in [0.25, 0.3) is 11.3 Å². The van der Waals surface area contributed by atoms with Crippen molar-refractivity contribution >= 4 is 17.5 Å². The van der Waals surface area contributed by atoms with E-state index in [2.05, 4.69) is 30.6 Å². The molecule has 0 saturated carbocycles. The maximum Gasteiger partial charge on any atom is 0.274 e. The number of hydrogen-bond acceptors (Lipinski definition) is 6. The molecule has 25 heavy (non-hydrogen) atoms. The molecule has 0 aliphatic carbocycles. The molecule has 0 unspecified atom stereocenters. The Hall–Kier alpha value is -3.32. The SMILES string of the molecule is CONC(=O)c1ccc(C)c(Nc2nccc(-c3cccnc3)n2)c1. The fraction of sp³-hybridized carbons (Fsp3) is 0.111. The Labute approximate surface area is 145 Å². The maximum atomic E-state index is 11.9. The van der Waals surface area contributed by atoms with Crippen LogP contribution in [0.4, 0.5) is 11.6 Å². The first kappa shape index (κ1) is 16.5. The molecule has 7 heteroatoms. The Morgan fingerprint density at radius 1 is 1.16 bits per heavy atom. The molecule has 1 aromatic carbocycles. The molecule has 1 amide bonds. The van der Waals surface area contributed by atoms with Gasteiger partial charge in [-0.1, -0.05) is 6.07 Å². The van der Waals surface area contributed by atoms with E-state index < -0.39 is 0 Å². The molecule has 2 heterocycles. The molecule has 0 spiro atoms. The minimum absolute atomic E-state index is 0.324. The van der Waals surface area contributed by atoms with Crippen molar-refractivity contribution in [3.05, 3.63) is 66.1 Å². The smallest absolute Gasteiger partial charge is 0.274 e. The molecule has 0 fully saturated rings. The Balaban J connectivity index is 1.87. The maximum absolute atomic E-state index is 11.9. The van der Waals surface area contributed by atoms with Crippen molar-refractivity contribution in [2.45, 2.75) is 6.92 Å². The van der Waals surface area contributed by atoms with E-state index in [1.165, 1.54) is 7.11 Å². The van der Waals surface area contributed by atoms with Crippen molar-refractivity contribution in [2.75, 3.05) is 12.4 Å². The summed E-state index contributed by atoms with van der Waals surface area (Å²) in [5, 5.41) is 3.16. The van der Waals surface area contributed by atoms with Crippen LogP contribution in [0, 0.1) is 6.92 Å². The van der Waals surface area contributed by atoms with Gasteiger partial charge in [-0.25, -0.2) is 15.4 Å². The average Bonchev–Trinajstić information content (AvgIpc) is 2.65. The highest BCUT2D eigenvalue weighted by Crippen LogP contribution is 2.22. The van der Waals surface area contributed by atoms with E-state index in [1.54, 1.807) is 30.7 Å². The van der Waals surface area contributed by atoms with Crippen LogP contribution in [-0.2, 0) is 4.84 Å². The van der Waals surface area contributed by atoms with Crippen LogP contribution in [0.1, 0.15) is 15.9 Å². The number of hydrogen-bond donors (Lipinski definition) is 2. The molecule has 0 aliphatic rings. The first-order valence-corrected chi connectivity index (χ1v) is 7.62. The number of aryl methyl sites for hydroxylation is 1. The first-order valence-electron chi connectivity index (χ1n) is 7.62. The summed E-state index contributed by atoms with van der Waals surface area (Å²) in [6.45, 7) is 1.94. The molecule has 3 aromatic rings. The molecule has 2 N–H and O–H groups in total. The summed E-state index contributed by atoms with van der Waals surface area (Å²) in [4.78, 5) is 29.4. The molecule has 0 atom stereocenters. The standard InChI is InChI=1S/C18H17N5O2/c1-12-5-6-13(17(24)23-25-2)10-16(12)22-18-20-9-7-15(21-18)14-4-3-8-19-11-14/h3-11H,1-2H3,(H,23,24)(H,20,21,22). The number of hydroxylamine groups is 1. The quantitative estimate of drug-likeness (QED) is 0.697. The Morgan fingerprint density at radius 3 is 2.80 bits per heavy atom.